The van der Waals surface area contributed by atoms with Gasteiger partial charge in [-0.15, -0.1) is 0 Å². The Morgan fingerprint density at radius 2 is 1.86 bits per heavy atom. The molecule has 12 heteroatoms. The fourth-order valence-corrected chi connectivity index (χ4v) is 4.64. The van der Waals surface area contributed by atoms with E-state index in [1.54, 1.807) is 43.3 Å². The van der Waals surface area contributed by atoms with E-state index in [1.165, 1.54) is 13.2 Å². The molecular weight excluding hydrogens is 608 g/mol. The van der Waals surface area contributed by atoms with Gasteiger partial charge in [0.05, 0.1) is 23.1 Å². The predicted octanol–water partition coefficient (Wildman–Crippen LogP) is 4.84. The molecule has 1 heterocycles. The fourth-order valence-electron chi connectivity index (χ4n) is 2.96. The van der Waals surface area contributed by atoms with Crippen molar-refractivity contribution in [3.63, 3.8) is 0 Å². The number of carbonyl (C=O) groups excluding carboxylic acids is 4. The lowest BCUT2D eigenvalue weighted by atomic mass is 10.2. The fraction of sp³-hybridized carbons (Fsp3) is 0.217. The van der Waals surface area contributed by atoms with E-state index in [2.05, 4.69) is 37.2 Å². The Balaban J connectivity index is 1.72. The Hall–Kier alpha value is -2.83. The first-order valence-corrected chi connectivity index (χ1v) is 12.6. The van der Waals surface area contributed by atoms with E-state index >= 15 is 0 Å². The Kier molecular flexibility index (Phi) is 9.35. The first-order chi connectivity index (χ1) is 16.7. The monoisotopic (exact) mass is 626 g/mol. The Labute approximate surface area is 222 Å². The average Bonchev–Trinajstić information content (AvgIpc) is 3.07. The number of amides is 3. The lowest BCUT2D eigenvalue weighted by Crippen LogP contribution is -2.36. The summed E-state index contributed by atoms with van der Waals surface area (Å²) in [4.78, 5) is 50.2. The molecule has 0 unspecified atom stereocenters. The molecule has 0 aliphatic carbocycles. The van der Waals surface area contributed by atoms with Gasteiger partial charge in [-0.2, -0.15) is 0 Å². The number of methoxy groups -OCH3 is 1. The van der Waals surface area contributed by atoms with Crippen molar-refractivity contribution < 1.29 is 33.4 Å². The number of carbonyl (C=O) groups is 4. The van der Waals surface area contributed by atoms with E-state index in [0.29, 0.717) is 21.5 Å². The van der Waals surface area contributed by atoms with Crippen molar-refractivity contribution in [2.45, 2.75) is 6.92 Å². The molecule has 2 aromatic carbocycles. The molecule has 184 valence electrons. The van der Waals surface area contributed by atoms with Gasteiger partial charge in [0.25, 0.3) is 11.1 Å². The van der Waals surface area contributed by atoms with Crippen LogP contribution in [0.5, 0.6) is 11.5 Å². The standard InChI is InChI=1S/C23H20Br2N2O7S/c1-3-33-20(29)12-34-21-16(25)8-13(9-17(21)32-2)10-18-22(30)27(23(31)35-18)11-19(28)26-15-6-4-14(24)5-7-15/h4-10H,3,11-12H2,1-2H3,(H,26,28)/b18-10-. The van der Waals surface area contributed by atoms with Gasteiger partial charge in [-0.05, 0) is 82.7 Å². The van der Waals surface area contributed by atoms with Gasteiger partial charge in [0, 0.05) is 10.2 Å². The number of thioether (sulfide) groups is 1. The van der Waals surface area contributed by atoms with Crippen molar-refractivity contribution in [2.24, 2.45) is 0 Å². The maximum Gasteiger partial charge on any atom is 0.344 e. The van der Waals surface area contributed by atoms with E-state index in [4.69, 9.17) is 14.2 Å². The molecule has 0 spiro atoms. The lowest BCUT2D eigenvalue weighted by molar-refractivity contribution is -0.145. The minimum Gasteiger partial charge on any atom is -0.493 e. The zero-order valence-corrected chi connectivity index (χ0v) is 22.6. The lowest BCUT2D eigenvalue weighted by Gasteiger charge is -2.13. The summed E-state index contributed by atoms with van der Waals surface area (Å²) in [5.41, 5.74) is 1.09. The van der Waals surface area contributed by atoms with Crippen LogP contribution in [-0.2, 0) is 19.1 Å². The highest BCUT2D eigenvalue weighted by Gasteiger charge is 2.36. The molecule has 1 aliphatic heterocycles. The zero-order chi connectivity index (χ0) is 25.5. The molecule has 0 saturated carbocycles. The molecule has 3 rings (SSSR count). The van der Waals surface area contributed by atoms with Crippen LogP contribution in [0.4, 0.5) is 10.5 Å². The van der Waals surface area contributed by atoms with Crippen LogP contribution in [-0.4, -0.2) is 54.8 Å². The Morgan fingerprint density at radius 3 is 2.51 bits per heavy atom. The number of hydrogen-bond donors (Lipinski definition) is 1. The van der Waals surface area contributed by atoms with Crippen LogP contribution in [0.15, 0.2) is 50.2 Å². The normalized spacial score (nSPS) is 14.3. The van der Waals surface area contributed by atoms with Crippen molar-refractivity contribution in [3.8, 4) is 11.5 Å². The van der Waals surface area contributed by atoms with Gasteiger partial charge in [0.1, 0.15) is 6.54 Å². The van der Waals surface area contributed by atoms with Crippen LogP contribution in [0.1, 0.15) is 12.5 Å². The van der Waals surface area contributed by atoms with Crippen molar-refractivity contribution in [1.82, 2.24) is 4.90 Å². The second-order valence-corrected chi connectivity index (χ2v) is 9.71. The zero-order valence-electron chi connectivity index (χ0n) is 18.6. The summed E-state index contributed by atoms with van der Waals surface area (Å²) in [6.45, 7) is 1.22. The van der Waals surface area contributed by atoms with Crippen LogP contribution in [0.2, 0.25) is 0 Å². The molecule has 3 amide bonds. The van der Waals surface area contributed by atoms with Crippen LogP contribution < -0.4 is 14.8 Å². The maximum absolute atomic E-state index is 12.8. The van der Waals surface area contributed by atoms with Gasteiger partial charge in [-0.25, -0.2) is 4.79 Å². The van der Waals surface area contributed by atoms with E-state index in [9.17, 15) is 19.2 Å². The Bertz CT molecular complexity index is 1190. The summed E-state index contributed by atoms with van der Waals surface area (Å²) < 4.78 is 17.0. The summed E-state index contributed by atoms with van der Waals surface area (Å²) in [6.07, 6.45) is 1.51. The van der Waals surface area contributed by atoms with Crippen LogP contribution in [0.3, 0.4) is 0 Å². The molecule has 1 N–H and O–H groups in total. The quantitative estimate of drug-likeness (QED) is 0.311. The number of benzene rings is 2. The predicted molar refractivity (Wildman–Crippen MR) is 138 cm³/mol. The van der Waals surface area contributed by atoms with E-state index in [-0.39, 0.29) is 23.9 Å². The molecule has 0 atom stereocenters. The summed E-state index contributed by atoms with van der Waals surface area (Å²) >= 11 is 7.42. The minimum atomic E-state index is -0.580. The Morgan fingerprint density at radius 1 is 1.14 bits per heavy atom. The molecule has 1 aliphatic rings. The summed E-state index contributed by atoms with van der Waals surface area (Å²) in [5.74, 6) is -1.01. The van der Waals surface area contributed by atoms with Crippen molar-refractivity contribution >= 4 is 78.4 Å². The van der Waals surface area contributed by atoms with Gasteiger partial charge in [0.15, 0.2) is 18.1 Å². The molecule has 0 bridgehead atoms. The third-order valence-corrected chi connectivity index (χ3v) is 6.52. The summed E-state index contributed by atoms with van der Waals surface area (Å²) in [7, 11) is 1.43. The topological polar surface area (TPSA) is 111 Å². The third-order valence-electron chi connectivity index (χ3n) is 4.49. The smallest absolute Gasteiger partial charge is 0.344 e. The second kappa shape index (κ2) is 12.2. The summed E-state index contributed by atoms with van der Waals surface area (Å²) in [6, 6.07) is 10.2. The van der Waals surface area contributed by atoms with Gasteiger partial charge < -0.3 is 19.5 Å². The number of halogens is 2. The summed E-state index contributed by atoms with van der Waals surface area (Å²) in [5, 5.41) is 2.11. The highest BCUT2D eigenvalue weighted by molar-refractivity contribution is 9.10. The largest absolute Gasteiger partial charge is 0.493 e. The second-order valence-electron chi connectivity index (χ2n) is 6.95. The van der Waals surface area contributed by atoms with Crippen LogP contribution in [0, 0.1) is 0 Å². The number of ether oxygens (including phenoxy) is 3. The molecule has 0 radical (unpaired) electrons. The van der Waals surface area contributed by atoms with Crippen molar-refractivity contribution in [2.75, 3.05) is 32.2 Å². The number of imide groups is 1. The molecule has 2 aromatic rings. The van der Waals surface area contributed by atoms with Gasteiger partial charge in [0.2, 0.25) is 5.91 Å². The third kappa shape index (κ3) is 7.09. The molecule has 1 saturated heterocycles. The molecular formula is C23H20Br2N2O7S. The van der Waals surface area contributed by atoms with Gasteiger partial charge in [-0.1, -0.05) is 15.9 Å². The minimum absolute atomic E-state index is 0.153. The number of esters is 1. The highest BCUT2D eigenvalue weighted by atomic mass is 79.9. The number of rotatable bonds is 9. The molecule has 9 nitrogen and oxygen atoms in total. The van der Waals surface area contributed by atoms with Crippen LogP contribution in [0.25, 0.3) is 6.08 Å². The molecule has 1 fully saturated rings. The van der Waals surface area contributed by atoms with Gasteiger partial charge >= 0.3 is 5.97 Å². The van der Waals surface area contributed by atoms with Crippen molar-refractivity contribution in [3.05, 3.63) is 55.8 Å². The number of nitrogens with one attached hydrogen (secondary N) is 1. The SMILES string of the molecule is CCOC(=O)COc1c(Br)cc(/C=C2\SC(=O)N(CC(=O)Nc3ccc(Br)cc3)C2=O)cc1OC. The first kappa shape index (κ1) is 26.8. The number of hydrogen-bond acceptors (Lipinski definition) is 8. The number of nitrogens with zero attached hydrogens (tertiary/aromatic N) is 1. The van der Waals surface area contributed by atoms with E-state index in [0.717, 1.165) is 21.1 Å². The maximum atomic E-state index is 12.8. The van der Waals surface area contributed by atoms with Gasteiger partial charge in [-0.3, -0.25) is 19.3 Å². The first-order valence-electron chi connectivity index (χ1n) is 10.2. The number of anilines is 1. The van der Waals surface area contributed by atoms with E-state index in [1.807, 2.05) is 0 Å². The molecule has 35 heavy (non-hydrogen) atoms. The average molecular weight is 628 g/mol. The van der Waals surface area contributed by atoms with Crippen molar-refractivity contribution in [1.29, 1.82) is 0 Å². The van der Waals surface area contributed by atoms with E-state index < -0.39 is 29.6 Å². The highest BCUT2D eigenvalue weighted by Crippen LogP contribution is 2.39. The molecule has 0 aromatic heterocycles. The van der Waals surface area contributed by atoms with Crippen LogP contribution >= 0.6 is 43.6 Å².